The standard InChI is InChI=1S/C8H10ClFN2/c1-2-6(11)5-3-4-12-8(9)7(5)10/h3-4,6H,2,11H2,1H3. The Kier molecular flexibility index (Phi) is 3.00. The van der Waals surface area contributed by atoms with Gasteiger partial charge in [0.2, 0.25) is 0 Å². The van der Waals surface area contributed by atoms with Crippen LogP contribution < -0.4 is 5.73 Å². The molecule has 0 aliphatic carbocycles. The summed E-state index contributed by atoms with van der Waals surface area (Å²) in [6.07, 6.45) is 2.13. The highest BCUT2D eigenvalue weighted by Crippen LogP contribution is 2.21. The molecule has 0 spiro atoms. The first-order chi connectivity index (χ1) is 5.66. The highest BCUT2D eigenvalue weighted by atomic mass is 35.5. The van der Waals surface area contributed by atoms with Crippen molar-refractivity contribution in [3.63, 3.8) is 0 Å². The fourth-order valence-electron chi connectivity index (χ4n) is 0.938. The van der Waals surface area contributed by atoms with Crippen LogP contribution in [0.3, 0.4) is 0 Å². The number of hydrogen-bond acceptors (Lipinski definition) is 2. The van der Waals surface area contributed by atoms with Gasteiger partial charge in [-0.1, -0.05) is 18.5 Å². The Hall–Kier alpha value is -0.670. The van der Waals surface area contributed by atoms with Crippen LogP contribution in [0.4, 0.5) is 4.39 Å². The highest BCUT2D eigenvalue weighted by molar-refractivity contribution is 6.29. The number of hydrogen-bond donors (Lipinski definition) is 1. The fraction of sp³-hybridized carbons (Fsp3) is 0.375. The molecule has 0 radical (unpaired) electrons. The molecule has 0 saturated carbocycles. The second-order valence-corrected chi connectivity index (χ2v) is 2.88. The summed E-state index contributed by atoms with van der Waals surface area (Å²) in [5.41, 5.74) is 6.07. The third-order valence-corrected chi connectivity index (χ3v) is 1.98. The van der Waals surface area contributed by atoms with Crippen molar-refractivity contribution in [2.24, 2.45) is 5.73 Å². The molecule has 66 valence electrons. The molecule has 0 aromatic carbocycles. The van der Waals surface area contributed by atoms with Crippen LogP contribution in [0.15, 0.2) is 12.3 Å². The van der Waals surface area contributed by atoms with Crippen LogP contribution in [0, 0.1) is 5.82 Å². The van der Waals surface area contributed by atoms with Crippen molar-refractivity contribution in [2.75, 3.05) is 0 Å². The Labute approximate surface area is 75.6 Å². The number of pyridine rings is 1. The molecular weight excluding hydrogens is 179 g/mol. The molecule has 1 atom stereocenters. The molecular formula is C8H10ClFN2. The van der Waals surface area contributed by atoms with E-state index in [2.05, 4.69) is 4.98 Å². The largest absolute Gasteiger partial charge is 0.324 e. The average molecular weight is 189 g/mol. The molecule has 0 amide bonds. The third kappa shape index (κ3) is 1.73. The molecule has 1 unspecified atom stereocenters. The van der Waals surface area contributed by atoms with E-state index < -0.39 is 5.82 Å². The quantitative estimate of drug-likeness (QED) is 0.724. The van der Waals surface area contributed by atoms with Gasteiger partial charge in [0.15, 0.2) is 11.0 Å². The van der Waals surface area contributed by atoms with E-state index in [9.17, 15) is 4.39 Å². The summed E-state index contributed by atoms with van der Waals surface area (Å²) in [6, 6.07) is 1.25. The van der Waals surface area contributed by atoms with Crippen LogP contribution >= 0.6 is 11.6 Å². The van der Waals surface area contributed by atoms with Gasteiger partial charge in [0.05, 0.1) is 0 Å². The fourth-order valence-corrected chi connectivity index (χ4v) is 1.10. The molecule has 0 fully saturated rings. The molecule has 1 heterocycles. The maximum Gasteiger partial charge on any atom is 0.165 e. The Balaban J connectivity index is 3.07. The number of halogens is 2. The van der Waals surface area contributed by atoms with Crippen molar-refractivity contribution < 1.29 is 4.39 Å². The van der Waals surface area contributed by atoms with Gasteiger partial charge in [0.1, 0.15) is 0 Å². The Morgan fingerprint density at radius 2 is 2.42 bits per heavy atom. The van der Waals surface area contributed by atoms with Crippen molar-refractivity contribution in [3.05, 3.63) is 28.8 Å². The maximum atomic E-state index is 13.2. The summed E-state index contributed by atoms with van der Waals surface area (Å²) in [6.45, 7) is 1.89. The van der Waals surface area contributed by atoms with Gasteiger partial charge < -0.3 is 5.73 Å². The second-order valence-electron chi connectivity index (χ2n) is 2.52. The van der Waals surface area contributed by atoms with Gasteiger partial charge in [-0.15, -0.1) is 0 Å². The van der Waals surface area contributed by atoms with E-state index in [-0.39, 0.29) is 11.2 Å². The average Bonchev–Trinajstić information content (AvgIpc) is 2.08. The van der Waals surface area contributed by atoms with Crippen molar-refractivity contribution >= 4 is 11.6 Å². The monoisotopic (exact) mass is 188 g/mol. The molecule has 1 rings (SSSR count). The van der Waals surface area contributed by atoms with E-state index in [1.165, 1.54) is 6.20 Å². The molecule has 2 nitrogen and oxygen atoms in total. The van der Waals surface area contributed by atoms with Gasteiger partial charge in [-0.3, -0.25) is 0 Å². The molecule has 4 heteroatoms. The van der Waals surface area contributed by atoms with E-state index in [0.29, 0.717) is 12.0 Å². The summed E-state index contributed by atoms with van der Waals surface area (Å²) < 4.78 is 13.2. The SMILES string of the molecule is CCC(N)c1ccnc(Cl)c1F. The Morgan fingerprint density at radius 3 is 3.00 bits per heavy atom. The third-order valence-electron chi connectivity index (χ3n) is 1.72. The lowest BCUT2D eigenvalue weighted by molar-refractivity contribution is 0.570. The molecule has 0 bridgehead atoms. The van der Waals surface area contributed by atoms with Crippen LogP contribution in [0.1, 0.15) is 24.9 Å². The molecule has 0 aliphatic heterocycles. The van der Waals surface area contributed by atoms with Crippen LogP contribution in [0.2, 0.25) is 5.15 Å². The van der Waals surface area contributed by atoms with E-state index in [1.807, 2.05) is 6.92 Å². The van der Waals surface area contributed by atoms with Crippen molar-refractivity contribution in [1.82, 2.24) is 4.98 Å². The minimum atomic E-state index is -0.506. The maximum absolute atomic E-state index is 13.2. The summed E-state index contributed by atoms with van der Waals surface area (Å²) in [5, 5.41) is -0.114. The van der Waals surface area contributed by atoms with Gasteiger partial charge in [-0.05, 0) is 12.5 Å². The second kappa shape index (κ2) is 3.83. The first-order valence-electron chi connectivity index (χ1n) is 3.72. The van der Waals surface area contributed by atoms with E-state index in [1.54, 1.807) is 6.07 Å². The van der Waals surface area contributed by atoms with Crippen LogP contribution in [-0.4, -0.2) is 4.98 Å². The van der Waals surface area contributed by atoms with Gasteiger partial charge in [-0.2, -0.15) is 0 Å². The van der Waals surface area contributed by atoms with Gasteiger partial charge in [0.25, 0.3) is 0 Å². The highest BCUT2D eigenvalue weighted by Gasteiger charge is 2.12. The lowest BCUT2D eigenvalue weighted by atomic mass is 10.1. The minimum absolute atomic E-state index is 0.114. The van der Waals surface area contributed by atoms with E-state index in [0.717, 1.165) is 0 Å². The predicted molar refractivity (Wildman–Crippen MR) is 46.4 cm³/mol. The van der Waals surface area contributed by atoms with Crippen molar-refractivity contribution in [3.8, 4) is 0 Å². The van der Waals surface area contributed by atoms with Gasteiger partial charge in [-0.25, -0.2) is 9.37 Å². The first kappa shape index (κ1) is 9.42. The van der Waals surface area contributed by atoms with Gasteiger partial charge in [0, 0.05) is 17.8 Å². The zero-order valence-electron chi connectivity index (χ0n) is 6.72. The Morgan fingerprint density at radius 1 is 1.75 bits per heavy atom. The topological polar surface area (TPSA) is 38.9 Å². The molecule has 2 N–H and O–H groups in total. The number of nitrogens with zero attached hydrogens (tertiary/aromatic N) is 1. The lowest BCUT2D eigenvalue weighted by Gasteiger charge is -2.09. The van der Waals surface area contributed by atoms with Gasteiger partial charge >= 0.3 is 0 Å². The predicted octanol–water partition coefficient (Wildman–Crippen LogP) is 2.28. The van der Waals surface area contributed by atoms with E-state index >= 15 is 0 Å². The molecule has 1 aromatic heterocycles. The lowest BCUT2D eigenvalue weighted by Crippen LogP contribution is -2.11. The van der Waals surface area contributed by atoms with Crippen molar-refractivity contribution in [1.29, 1.82) is 0 Å². The smallest absolute Gasteiger partial charge is 0.165 e. The van der Waals surface area contributed by atoms with Crippen LogP contribution in [-0.2, 0) is 0 Å². The molecule has 0 aliphatic rings. The zero-order chi connectivity index (χ0) is 9.14. The minimum Gasteiger partial charge on any atom is -0.324 e. The number of nitrogens with two attached hydrogens (primary N) is 1. The normalized spacial score (nSPS) is 13.0. The van der Waals surface area contributed by atoms with Crippen LogP contribution in [0.5, 0.6) is 0 Å². The van der Waals surface area contributed by atoms with E-state index in [4.69, 9.17) is 17.3 Å². The Bertz CT molecular complexity index is 278. The molecule has 12 heavy (non-hydrogen) atoms. The summed E-state index contributed by atoms with van der Waals surface area (Å²) >= 11 is 5.47. The molecule has 1 aromatic rings. The first-order valence-corrected chi connectivity index (χ1v) is 4.10. The van der Waals surface area contributed by atoms with Crippen LogP contribution in [0.25, 0.3) is 0 Å². The number of rotatable bonds is 2. The summed E-state index contributed by atoms with van der Waals surface area (Å²) in [5.74, 6) is -0.506. The zero-order valence-corrected chi connectivity index (χ0v) is 7.48. The molecule has 0 saturated heterocycles. The number of aromatic nitrogens is 1. The van der Waals surface area contributed by atoms with Crippen molar-refractivity contribution in [2.45, 2.75) is 19.4 Å². The summed E-state index contributed by atoms with van der Waals surface area (Å²) in [4.78, 5) is 3.59. The summed E-state index contributed by atoms with van der Waals surface area (Å²) in [7, 11) is 0.